The second kappa shape index (κ2) is 7.36. The van der Waals surface area contributed by atoms with Crippen LogP contribution in [0.1, 0.15) is 44.2 Å². The molecule has 1 rings (SSSR count). The molecule has 0 saturated heterocycles. The van der Waals surface area contributed by atoms with E-state index in [4.69, 9.17) is 5.73 Å². The van der Waals surface area contributed by atoms with Gasteiger partial charge in [0.1, 0.15) is 11.5 Å². The van der Waals surface area contributed by atoms with E-state index in [1.807, 2.05) is 0 Å². The van der Waals surface area contributed by atoms with Gasteiger partial charge in [0.2, 0.25) is 0 Å². The van der Waals surface area contributed by atoms with E-state index < -0.39 is 0 Å². The van der Waals surface area contributed by atoms with Crippen LogP contribution in [-0.2, 0) is 0 Å². The zero-order valence-electron chi connectivity index (χ0n) is 9.52. The summed E-state index contributed by atoms with van der Waals surface area (Å²) in [6, 6.07) is 4.28. The molecule has 0 amide bonds. The maximum atomic E-state index is 9.57. The second-order valence-corrected chi connectivity index (χ2v) is 3.85. The van der Waals surface area contributed by atoms with Crippen LogP contribution in [-0.4, -0.2) is 10.2 Å². The number of unbranched alkanes of at least 4 members (excludes halogenated alkanes) is 2. The molecule has 1 aromatic rings. The van der Waals surface area contributed by atoms with Gasteiger partial charge in [-0.15, -0.1) is 12.4 Å². The fourth-order valence-electron chi connectivity index (χ4n) is 1.61. The molecule has 0 radical (unpaired) electrons. The summed E-state index contributed by atoms with van der Waals surface area (Å²) in [7, 11) is 0. The molecule has 0 spiro atoms. The number of phenolic OH excluding ortho intramolecular Hbond substituents is 2. The number of nitrogens with two attached hydrogens (primary N) is 1. The Morgan fingerprint density at radius 2 is 1.94 bits per heavy atom. The maximum Gasteiger partial charge on any atom is 0.120 e. The zero-order valence-corrected chi connectivity index (χ0v) is 10.3. The molecule has 16 heavy (non-hydrogen) atoms. The lowest BCUT2D eigenvalue weighted by molar-refractivity contribution is 0.443. The van der Waals surface area contributed by atoms with Crippen LogP contribution in [0.3, 0.4) is 0 Å². The van der Waals surface area contributed by atoms with Crippen LogP contribution < -0.4 is 5.73 Å². The summed E-state index contributed by atoms with van der Waals surface area (Å²) in [6.45, 7) is 2.14. The molecule has 0 aliphatic heterocycles. The molecule has 0 aliphatic rings. The molecular weight excluding hydrogens is 226 g/mol. The Balaban J connectivity index is 0.00000225. The molecule has 0 saturated carbocycles. The van der Waals surface area contributed by atoms with Gasteiger partial charge >= 0.3 is 0 Å². The third-order valence-electron chi connectivity index (χ3n) is 2.53. The third kappa shape index (κ3) is 4.29. The largest absolute Gasteiger partial charge is 0.508 e. The van der Waals surface area contributed by atoms with Crippen LogP contribution in [0.5, 0.6) is 11.5 Å². The monoisotopic (exact) mass is 245 g/mol. The van der Waals surface area contributed by atoms with Gasteiger partial charge < -0.3 is 15.9 Å². The summed E-state index contributed by atoms with van der Waals surface area (Å²) in [5.74, 6) is 0.311. The maximum absolute atomic E-state index is 9.57. The van der Waals surface area contributed by atoms with Crippen molar-refractivity contribution in [3.05, 3.63) is 23.8 Å². The second-order valence-electron chi connectivity index (χ2n) is 3.85. The summed E-state index contributed by atoms with van der Waals surface area (Å²) in [6.07, 6.45) is 4.18. The van der Waals surface area contributed by atoms with Crippen molar-refractivity contribution in [2.45, 2.75) is 38.6 Å². The van der Waals surface area contributed by atoms with Crippen molar-refractivity contribution in [2.75, 3.05) is 0 Å². The number of hydrogen-bond acceptors (Lipinski definition) is 3. The van der Waals surface area contributed by atoms with Gasteiger partial charge in [-0.25, -0.2) is 0 Å². The Morgan fingerprint density at radius 3 is 2.56 bits per heavy atom. The van der Waals surface area contributed by atoms with Gasteiger partial charge in [-0.2, -0.15) is 0 Å². The number of hydrogen-bond donors (Lipinski definition) is 3. The molecule has 1 atom stereocenters. The summed E-state index contributed by atoms with van der Waals surface area (Å²) in [5.41, 5.74) is 6.57. The van der Waals surface area contributed by atoms with Gasteiger partial charge in [-0.3, -0.25) is 0 Å². The van der Waals surface area contributed by atoms with Crippen LogP contribution in [0, 0.1) is 0 Å². The number of halogens is 1. The zero-order chi connectivity index (χ0) is 11.3. The fraction of sp³-hybridized carbons (Fsp3) is 0.500. The summed E-state index contributed by atoms with van der Waals surface area (Å²) < 4.78 is 0. The highest BCUT2D eigenvalue weighted by atomic mass is 35.5. The topological polar surface area (TPSA) is 66.5 Å². The molecule has 0 unspecified atom stereocenters. The highest BCUT2D eigenvalue weighted by molar-refractivity contribution is 5.85. The van der Waals surface area contributed by atoms with Gasteiger partial charge in [0.15, 0.2) is 0 Å². The Morgan fingerprint density at radius 1 is 1.25 bits per heavy atom. The minimum Gasteiger partial charge on any atom is -0.508 e. The van der Waals surface area contributed by atoms with Crippen LogP contribution in [0.15, 0.2) is 18.2 Å². The molecular formula is C12H20ClNO2. The first-order valence-corrected chi connectivity index (χ1v) is 5.42. The quantitative estimate of drug-likeness (QED) is 0.552. The fourth-order valence-corrected chi connectivity index (χ4v) is 1.61. The van der Waals surface area contributed by atoms with Crippen molar-refractivity contribution in [2.24, 2.45) is 5.73 Å². The molecule has 4 heteroatoms. The minimum atomic E-state index is -0.191. The minimum absolute atomic E-state index is 0. The molecule has 3 nitrogen and oxygen atoms in total. The van der Waals surface area contributed by atoms with Crippen molar-refractivity contribution >= 4 is 12.4 Å². The average Bonchev–Trinajstić information content (AvgIpc) is 2.22. The lowest BCUT2D eigenvalue weighted by Crippen LogP contribution is -2.10. The van der Waals surface area contributed by atoms with Gasteiger partial charge in [-0.1, -0.05) is 26.2 Å². The molecule has 4 N–H and O–H groups in total. The Kier molecular flexibility index (Phi) is 6.93. The Bertz CT molecular complexity index is 318. The smallest absolute Gasteiger partial charge is 0.120 e. The number of rotatable bonds is 5. The first-order valence-electron chi connectivity index (χ1n) is 5.42. The molecule has 0 aromatic heterocycles. The van der Waals surface area contributed by atoms with E-state index in [0.29, 0.717) is 5.56 Å². The van der Waals surface area contributed by atoms with E-state index >= 15 is 0 Å². The number of phenols is 2. The van der Waals surface area contributed by atoms with Crippen LogP contribution >= 0.6 is 12.4 Å². The van der Waals surface area contributed by atoms with Gasteiger partial charge in [0.05, 0.1) is 0 Å². The molecule has 92 valence electrons. The van der Waals surface area contributed by atoms with Gasteiger partial charge in [0.25, 0.3) is 0 Å². The predicted octanol–water partition coefficient (Wildman–Crippen LogP) is 3.10. The third-order valence-corrected chi connectivity index (χ3v) is 2.53. The number of benzene rings is 1. The first-order chi connectivity index (χ1) is 7.15. The molecule has 1 aromatic carbocycles. The number of aromatic hydroxyl groups is 2. The molecule has 0 bridgehead atoms. The van der Waals surface area contributed by atoms with E-state index in [-0.39, 0.29) is 29.9 Å². The first kappa shape index (κ1) is 15.1. The van der Waals surface area contributed by atoms with Crippen molar-refractivity contribution in [3.8, 4) is 11.5 Å². The summed E-state index contributed by atoms with van der Waals surface area (Å²) >= 11 is 0. The van der Waals surface area contributed by atoms with E-state index in [1.54, 1.807) is 0 Å². The van der Waals surface area contributed by atoms with Crippen molar-refractivity contribution < 1.29 is 10.2 Å². The lowest BCUT2D eigenvalue weighted by atomic mass is 10.0. The van der Waals surface area contributed by atoms with Gasteiger partial charge in [-0.05, 0) is 24.6 Å². The van der Waals surface area contributed by atoms with Crippen LogP contribution in [0.2, 0.25) is 0 Å². The summed E-state index contributed by atoms with van der Waals surface area (Å²) in [5, 5.41) is 18.9. The average molecular weight is 246 g/mol. The Labute approximate surface area is 103 Å². The highest BCUT2D eigenvalue weighted by Gasteiger charge is 2.11. The van der Waals surface area contributed by atoms with E-state index in [2.05, 4.69) is 6.92 Å². The normalized spacial score (nSPS) is 11.9. The van der Waals surface area contributed by atoms with E-state index in [0.717, 1.165) is 25.7 Å². The highest BCUT2D eigenvalue weighted by Crippen LogP contribution is 2.29. The molecule has 0 fully saturated rings. The lowest BCUT2D eigenvalue weighted by Gasteiger charge is -2.13. The van der Waals surface area contributed by atoms with Crippen molar-refractivity contribution in [1.82, 2.24) is 0 Å². The van der Waals surface area contributed by atoms with Crippen molar-refractivity contribution in [3.63, 3.8) is 0 Å². The standard InChI is InChI=1S/C12H19NO2.ClH/c1-2-3-4-5-11(13)10-8-9(14)6-7-12(10)15;/h6-8,11,14-15H,2-5,13H2,1H3;1H/t11-;/m1./s1. The van der Waals surface area contributed by atoms with E-state index in [1.165, 1.54) is 18.2 Å². The predicted molar refractivity (Wildman–Crippen MR) is 68.1 cm³/mol. The molecule has 0 heterocycles. The SMILES string of the molecule is CCCCC[C@@H](N)c1cc(O)ccc1O.Cl. The summed E-state index contributed by atoms with van der Waals surface area (Å²) in [4.78, 5) is 0. The van der Waals surface area contributed by atoms with Crippen LogP contribution in [0.25, 0.3) is 0 Å². The van der Waals surface area contributed by atoms with Crippen LogP contribution in [0.4, 0.5) is 0 Å². The van der Waals surface area contributed by atoms with Gasteiger partial charge in [0, 0.05) is 11.6 Å². The molecule has 0 aliphatic carbocycles. The van der Waals surface area contributed by atoms with Crippen molar-refractivity contribution in [1.29, 1.82) is 0 Å². The Hall–Kier alpha value is -0.930. The van der Waals surface area contributed by atoms with E-state index in [9.17, 15) is 10.2 Å².